The van der Waals surface area contributed by atoms with Gasteiger partial charge in [0.1, 0.15) is 6.04 Å². The maximum atomic E-state index is 13.0. The quantitative estimate of drug-likeness (QED) is 0.261. The van der Waals surface area contributed by atoms with Crippen LogP contribution in [0.1, 0.15) is 48.7 Å². The first-order valence-corrected chi connectivity index (χ1v) is 11.7. The Morgan fingerprint density at radius 1 is 0.917 bits per heavy atom. The number of aliphatic hydroxyl groups excluding tert-OH is 1. The maximum absolute atomic E-state index is 13.0. The largest absolute Gasteiger partial charge is 0.480 e. The fourth-order valence-corrected chi connectivity index (χ4v) is 3.69. The molecule has 0 radical (unpaired) electrons. The number of aryl methyl sites for hydroxylation is 1. The van der Waals surface area contributed by atoms with E-state index in [0.29, 0.717) is 17.7 Å². The van der Waals surface area contributed by atoms with Crippen LogP contribution in [0.4, 0.5) is 10.5 Å². The minimum absolute atomic E-state index is 0.0506. The van der Waals surface area contributed by atoms with Gasteiger partial charge in [0, 0.05) is 11.3 Å². The maximum Gasteiger partial charge on any atom is 0.334 e. The van der Waals surface area contributed by atoms with Crippen molar-refractivity contribution in [1.29, 1.82) is 0 Å². The molecule has 0 aliphatic heterocycles. The van der Waals surface area contributed by atoms with Crippen LogP contribution >= 0.6 is 0 Å². The lowest BCUT2D eigenvalue weighted by Gasteiger charge is -2.22. The van der Waals surface area contributed by atoms with Crippen LogP contribution in [0.15, 0.2) is 48.5 Å². The van der Waals surface area contributed by atoms with Crippen molar-refractivity contribution >= 4 is 29.6 Å². The lowest BCUT2D eigenvalue weighted by Crippen LogP contribution is -2.48. The highest BCUT2D eigenvalue weighted by atomic mass is 16.4. The SMILES string of the molecule is CCc1ccc(C(=O)N[C@H](Cc2ccccc2)[C@@H](O)C(=O)O)cc1NC(=O)NC(CC(C)C)C(=O)O. The lowest BCUT2D eigenvalue weighted by molar-refractivity contribution is -0.148. The van der Waals surface area contributed by atoms with Crippen molar-refractivity contribution in [2.75, 3.05) is 5.32 Å². The van der Waals surface area contributed by atoms with Crippen molar-refractivity contribution in [3.63, 3.8) is 0 Å². The second-order valence-electron chi connectivity index (χ2n) is 8.90. The zero-order chi connectivity index (χ0) is 26.8. The second-order valence-corrected chi connectivity index (χ2v) is 8.90. The van der Waals surface area contributed by atoms with Crippen molar-refractivity contribution in [1.82, 2.24) is 10.6 Å². The number of aliphatic carboxylic acids is 2. The van der Waals surface area contributed by atoms with Crippen molar-refractivity contribution in [3.05, 3.63) is 65.2 Å². The fourth-order valence-electron chi connectivity index (χ4n) is 3.69. The standard InChI is InChI=1S/C26H33N3O7/c1-4-17-10-11-18(14-19(17)28-26(36)29-21(24(32)33)12-15(2)3)23(31)27-20(22(30)25(34)35)13-16-8-6-5-7-9-16/h5-11,14-15,20-22,30H,4,12-13H2,1-3H3,(H,27,31)(H,32,33)(H,34,35)(H2,28,29,36)/t20-,21?,22-/m1/s1. The summed E-state index contributed by atoms with van der Waals surface area (Å²) in [5, 5.41) is 36.4. The molecule has 36 heavy (non-hydrogen) atoms. The Kier molecular flexibility index (Phi) is 10.4. The number of carbonyl (C=O) groups excluding carboxylic acids is 2. The van der Waals surface area contributed by atoms with Crippen LogP contribution in [-0.4, -0.2) is 57.4 Å². The van der Waals surface area contributed by atoms with E-state index < -0.39 is 42.1 Å². The Hall–Kier alpha value is -3.92. The number of benzene rings is 2. The molecule has 0 spiro atoms. The summed E-state index contributed by atoms with van der Waals surface area (Å²) in [7, 11) is 0. The van der Waals surface area contributed by atoms with E-state index in [1.165, 1.54) is 12.1 Å². The van der Waals surface area contributed by atoms with Crippen LogP contribution in [0.25, 0.3) is 0 Å². The van der Waals surface area contributed by atoms with Gasteiger partial charge in [-0.2, -0.15) is 0 Å². The minimum atomic E-state index is -1.83. The molecule has 0 bridgehead atoms. The predicted molar refractivity (Wildman–Crippen MR) is 134 cm³/mol. The Morgan fingerprint density at radius 2 is 1.58 bits per heavy atom. The average Bonchev–Trinajstić information content (AvgIpc) is 2.82. The Morgan fingerprint density at radius 3 is 2.14 bits per heavy atom. The number of aliphatic hydroxyl groups is 1. The number of urea groups is 1. The van der Waals surface area contributed by atoms with Gasteiger partial charge in [-0.1, -0.05) is 57.2 Å². The van der Waals surface area contributed by atoms with E-state index in [-0.39, 0.29) is 24.3 Å². The van der Waals surface area contributed by atoms with Crippen molar-refractivity contribution < 1.29 is 34.5 Å². The number of nitrogens with one attached hydrogen (secondary N) is 3. The highest BCUT2D eigenvalue weighted by molar-refractivity contribution is 5.98. The van der Waals surface area contributed by atoms with Gasteiger partial charge in [0.25, 0.3) is 5.91 Å². The summed E-state index contributed by atoms with van der Waals surface area (Å²) < 4.78 is 0. The molecule has 0 aliphatic rings. The minimum Gasteiger partial charge on any atom is -0.480 e. The summed E-state index contributed by atoms with van der Waals surface area (Å²) in [4.78, 5) is 48.4. The monoisotopic (exact) mass is 499 g/mol. The highest BCUT2D eigenvalue weighted by Gasteiger charge is 2.28. The van der Waals surface area contributed by atoms with Gasteiger partial charge in [-0.15, -0.1) is 0 Å². The van der Waals surface area contributed by atoms with E-state index in [4.69, 9.17) is 0 Å². The summed E-state index contributed by atoms with van der Waals surface area (Å²) in [5.41, 5.74) is 1.89. The molecule has 6 N–H and O–H groups in total. The predicted octanol–water partition coefficient (Wildman–Crippen LogP) is 2.66. The Labute approximate surface area is 209 Å². The smallest absolute Gasteiger partial charge is 0.334 e. The number of carbonyl (C=O) groups is 4. The summed E-state index contributed by atoms with van der Waals surface area (Å²) in [6.45, 7) is 5.55. The summed E-state index contributed by atoms with van der Waals surface area (Å²) in [6.07, 6.45) is -0.963. The topological polar surface area (TPSA) is 165 Å². The molecule has 0 heterocycles. The fraction of sp³-hybridized carbons (Fsp3) is 0.385. The third-order valence-corrected chi connectivity index (χ3v) is 5.56. The molecule has 0 saturated carbocycles. The molecule has 194 valence electrons. The number of carboxylic acids is 2. The molecule has 10 heteroatoms. The Balaban J connectivity index is 2.21. The van der Waals surface area contributed by atoms with Gasteiger partial charge in [-0.05, 0) is 48.4 Å². The molecule has 0 aromatic heterocycles. The number of amides is 3. The van der Waals surface area contributed by atoms with Crippen LogP contribution in [-0.2, 0) is 22.4 Å². The summed E-state index contributed by atoms with van der Waals surface area (Å²) >= 11 is 0. The van der Waals surface area contributed by atoms with Gasteiger partial charge in [-0.3, -0.25) is 4.79 Å². The molecular weight excluding hydrogens is 466 g/mol. The van der Waals surface area contributed by atoms with E-state index >= 15 is 0 Å². The summed E-state index contributed by atoms with van der Waals surface area (Å²) in [6, 6.07) is 10.6. The number of rotatable bonds is 12. The molecule has 2 aromatic rings. The van der Waals surface area contributed by atoms with Crippen molar-refractivity contribution in [2.24, 2.45) is 5.92 Å². The lowest BCUT2D eigenvalue weighted by atomic mass is 10.00. The zero-order valence-electron chi connectivity index (χ0n) is 20.5. The molecule has 0 saturated heterocycles. The number of hydrogen-bond donors (Lipinski definition) is 6. The molecule has 0 aliphatic carbocycles. The van der Waals surface area contributed by atoms with Gasteiger partial charge >= 0.3 is 18.0 Å². The molecular formula is C26H33N3O7. The Bertz CT molecular complexity index is 1070. The van der Waals surface area contributed by atoms with Crippen molar-refractivity contribution in [3.8, 4) is 0 Å². The summed E-state index contributed by atoms with van der Waals surface area (Å²) in [5.74, 6) is -3.20. The van der Waals surface area contributed by atoms with E-state index in [2.05, 4.69) is 16.0 Å². The highest BCUT2D eigenvalue weighted by Crippen LogP contribution is 2.20. The first kappa shape index (κ1) is 28.3. The number of hydrogen-bond acceptors (Lipinski definition) is 5. The molecule has 1 unspecified atom stereocenters. The van der Waals surface area contributed by atoms with E-state index in [9.17, 15) is 34.5 Å². The van der Waals surface area contributed by atoms with E-state index in [1.54, 1.807) is 36.4 Å². The third kappa shape index (κ3) is 8.38. The molecule has 2 aromatic carbocycles. The van der Waals surface area contributed by atoms with Crippen LogP contribution in [0, 0.1) is 5.92 Å². The van der Waals surface area contributed by atoms with E-state index in [0.717, 1.165) is 5.56 Å². The van der Waals surface area contributed by atoms with Crippen LogP contribution < -0.4 is 16.0 Å². The van der Waals surface area contributed by atoms with Crippen molar-refractivity contribution in [2.45, 2.75) is 58.2 Å². The van der Waals surface area contributed by atoms with Crippen LogP contribution in [0.2, 0.25) is 0 Å². The van der Waals surface area contributed by atoms with Gasteiger partial charge in [-0.25, -0.2) is 14.4 Å². The normalized spacial score (nSPS) is 13.4. The number of anilines is 1. The number of carboxylic acid groups (broad SMARTS) is 2. The molecule has 3 atom stereocenters. The third-order valence-electron chi connectivity index (χ3n) is 5.56. The van der Waals surface area contributed by atoms with Gasteiger partial charge < -0.3 is 31.3 Å². The second kappa shape index (κ2) is 13.2. The zero-order valence-corrected chi connectivity index (χ0v) is 20.5. The van der Waals surface area contributed by atoms with E-state index in [1.807, 2.05) is 20.8 Å². The van der Waals surface area contributed by atoms with Crippen LogP contribution in [0.3, 0.4) is 0 Å². The molecule has 3 amide bonds. The van der Waals surface area contributed by atoms with Gasteiger partial charge in [0.05, 0.1) is 6.04 Å². The molecule has 0 fully saturated rings. The first-order chi connectivity index (χ1) is 17.0. The van der Waals surface area contributed by atoms with Gasteiger partial charge in [0.15, 0.2) is 6.10 Å². The average molecular weight is 500 g/mol. The molecule has 10 nitrogen and oxygen atoms in total. The molecule has 2 rings (SSSR count). The first-order valence-electron chi connectivity index (χ1n) is 11.7. The van der Waals surface area contributed by atoms with Gasteiger partial charge in [0.2, 0.25) is 0 Å². The van der Waals surface area contributed by atoms with Crippen LogP contribution in [0.5, 0.6) is 0 Å².